The molecular weight excluding hydrogens is 224 g/mol. The quantitative estimate of drug-likeness (QED) is 0.895. The van der Waals surface area contributed by atoms with Gasteiger partial charge in [0.1, 0.15) is 11.9 Å². The number of nitrogens with zero attached hydrogens (tertiary/aromatic N) is 1. The van der Waals surface area contributed by atoms with Gasteiger partial charge in [-0.1, -0.05) is 12.1 Å². The molecule has 1 fully saturated rings. The van der Waals surface area contributed by atoms with Crippen LogP contribution in [-0.4, -0.2) is 24.2 Å². The van der Waals surface area contributed by atoms with Gasteiger partial charge in [0.15, 0.2) is 0 Å². The van der Waals surface area contributed by atoms with E-state index in [2.05, 4.69) is 22.4 Å². The molecule has 1 unspecified atom stereocenters. The maximum atomic E-state index is 5.96. The number of aromatic nitrogens is 1. The van der Waals surface area contributed by atoms with E-state index in [0.29, 0.717) is 6.10 Å². The van der Waals surface area contributed by atoms with Gasteiger partial charge in [0.05, 0.1) is 0 Å². The van der Waals surface area contributed by atoms with Crippen molar-refractivity contribution < 1.29 is 4.74 Å². The van der Waals surface area contributed by atoms with Crippen LogP contribution in [0.2, 0.25) is 0 Å². The van der Waals surface area contributed by atoms with Crippen LogP contribution in [0.1, 0.15) is 6.42 Å². The van der Waals surface area contributed by atoms with E-state index >= 15 is 0 Å². The molecule has 1 N–H and O–H groups in total. The minimum Gasteiger partial charge on any atom is -0.489 e. The van der Waals surface area contributed by atoms with Crippen molar-refractivity contribution in [2.24, 2.45) is 0 Å². The SMILES string of the molecule is c1cc(OC2CCNC2)cc(-c2ccncc2)c1. The highest BCUT2D eigenvalue weighted by atomic mass is 16.5. The summed E-state index contributed by atoms with van der Waals surface area (Å²) in [5, 5.41) is 3.31. The van der Waals surface area contributed by atoms with Crippen LogP contribution in [0.5, 0.6) is 5.75 Å². The van der Waals surface area contributed by atoms with Crippen LogP contribution in [-0.2, 0) is 0 Å². The molecule has 2 heterocycles. The smallest absolute Gasteiger partial charge is 0.120 e. The molecule has 1 aromatic heterocycles. The molecule has 1 aliphatic heterocycles. The fourth-order valence-electron chi connectivity index (χ4n) is 2.21. The van der Waals surface area contributed by atoms with Crippen molar-refractivity contribution in [2.75, 3.05) is 13.1 Å². The van der Waals surface area contributed by atoms with Crippen molar-refractivity contribution in [3.63, 3.8) is 0 Å². The predicted octanol–water partition coefficient (Wildman–Crippen LogP) is 2.49. The van der Waals surface area contributed by atoms with Crippen molar-refractivity contribution in [1.82, 2.24) is 10.3 Å². The van der Waals surface area contributed by atoms with E-state index in [4.69, 9.17) is 4.74 Å². The Balaban J connectivity index is 1.80. The Morgan fingerprint density at radius 2 is 2.00 bits per heavy atom. The average molecular weight is 240 g/mol. The number of pyridine rings is 1. The molecule has 0 radical (unpaired) electrons. The Bertz CT molecular complexity index is 507. The highest BCUT2D eigenvalue weighted by Crippen LogP contribution is 2.24. The van der Waals surface area contributed by atoms with E-state index in [1.807, 2.05) is 36.7 Å². The molecule has 0 spiro atoms. The monoisotopic (exact) mass is 240 g/mol. The Hall–Kier alpha value is -1.87. The van der Waals surface area contributed by atoms with Gasteiger partial charge in [-0.3, -0.25) is 4.98 Å². The lowest BCUT2D eigenvalue weighted by Crippen LogP contribution is -2.19. The van der Waals surface area contributed by atoms with Crippen LogP contribution in [0.15, 0.2) is 48.8 Å². The summed E-state index contributed by atoms with van der Waals surface area (Å²) in [7, 11) is 0. The van der Waals surface area contributed by atoms with Crippen LogP contribution in [0.3, 0.4) is 0 Å². The van der Waals surface area contributed by atoms with Crippen molar-refractivity contribution >= 4 is 0 Å². The minimum atomic E-state index is 0.303. The van der Waals surface area contributed by atoms with Crippen LogP contribution in [0, 0.1) is 0 Å². The number of ether oxygens (including phenoxy) is 1. The molecule has 1 saturated heterocycles. The third kappa shape index (κ3) is 2.51. The normalized spacial score (nSPS) is 18.8. The number of nitrogens with one attached hydrogen (secondary N) is 1. The van der Waals surface area contributed by atoms with Crippen LogP contribution < -0.4 is 10.1 Å². The average Bonchev–Trinajstić information content (AvgIpc) is 2.93. The topological polar surface area (TPSA) is 34.1 Å². The lowest BCUT2D eigenvalue weighted by Gasteiger charge is -2.13. The number of hydrogen-bond acceptors (Lipinski definition) is 3. The van der Waals surface area contributed by atoms with E-state index in [1.165, 1.54) is 11.1 Å². The summed E-state index contributed by atoms with van der Waals surface area (Å²) < 4.78 is 5.96. The molecule has 0 aliphatic carbocycles. The molecule has 2 aromatic rings. The van der Waals surface area contributed by atoms with Crippen LogP contribution in [0.25, 0.3) is 11.1 Å². The van der Waals surface area contributed by atoms with Crippen molar-refractivity contribution in [3.05, 3.63) is 48.8 Å². The first kappa shape index (κ1) is 11.2. The van der Waals surface area contributed by atoms with Gasteiger partial charge in [-0.25, -0.2) is 0 Å². The summed E-state index contributed by atoms with van der Waals surface area (Å²) in [5.74, 6) is 0.943. The second-order valence-corrected chi connectivity index (χ2v) is 4.50. The third-order valence-electron chi connectivity index (χ3n) is 3.17. The molecule has 18 heavy (non-hydrogen) atoms. The highest BCUT2D eigenvalue weighted by Gasteiger charge is 2.15. The van der Waals surface area contributed by atoms with Gasteiger partial charge in [-0.2, -0.15) is 0 Å². The predicted molar refractivity (Wildman–Crippen MR) is 71.6 cm³/mol. The van der Waals surface area contributed by atoms with Crippen molar-refractivity contribution in [1.29, 1.82) is 0 Å². The molecule has 3 rings (SSSR count). The molecule has 0 saturated carbocycles. The zero-order valence-corrected chi connectivity index (χ0v) is 10.2. The van der Waals surface area contributed by atoms with Gasteiger partial charge < -0.3 is 10.1 Å². The summed E-state index contributed by atoms with van der Waals surface area (Å²) in [5.41, 5.74) is 2.33. The van der Waals surface area contributed by atoms with Gasteiger partial charge in [0.2, 0.25) is 0 Å². The summed E-state index contributed by atoms with van der Waals surface area (Å²) in [6, 6.07) is 12.3. The first-order valence-corrected chi connectivity index (χ1v) is 6.30. The summed E-state index contributed by atoms with van der Waals surface area (Å²) in [6.45, 7) is 1.99. The Kier molecular flexibility index (Phi) is 3.24. The van der Waals surface area contributed by atoms with E-state index in [0.717, 1.165) is 25.3 Å². The Morgan fingerprint density at radius 3 is 2.78 bits per heavy atom. The molecule has 0 bridgehead atoms. The van der Waals surface area contributed by atoms with Gasteiger partial charge in [-0.15, -0.1) is 0 Å². The van der Waals surface area contributed by atoms with E-state index in [-0.39, 0.29) is 0 Å². The number of benzene rings is 1. The first-order valence-electron chi connectivity index (χ1n) is 6.30. The molecule has 0 amide bonds. The second-order valence-electron chi connectivity index (χ2n) is 4.50. The molecular formula is C15H16N2O. The maximum absolute atomic E-state index is 5.96. The Labute approximate surface area is 107 Å². The van der Waals surface area contributed by atoms with Crippen molar-refractivity contribution in [2.45, 2.75) is 12.5 Å². The van der Waals surface area contributed by atoms with Crippen LogP contribution in [0.4, 0.5) is 0 Å². The summed E-state index contributed by atoms with van der Waals surface area (Å²) in [6.07, 6.45) is 5.00. The second kappa shape index (κ2) is 5.19. The molecule has 3 heteroatoms. The van der Waals surface area contributed by atoms with Crippen molar-refractivity contribution in [3.8, 4) is 16.9 Å². The summed E-state index contributed by atoms with van der Waals surface area (Å²) in [4.78, 5) is 4.04. The highest BCUT2D eigenvalue weighted by molar-refractivity contribution is 5.64. The van der Waals surface area contributed by atoms with Gasteiger partial charge in [0.25, 0.3) is 0 Å². The van der Waals surface area contributed by atoms with Gasteiger partial charge in [-0.05, 0) is 48.4 Å². The molecule has 92 valence electrons. The first-order chi connectivity index (χ1) is 8.92. The van der Waals surface area contributed by atoms with Gasteiger partial charge >= 0.3 is 0 Å². The molecule has 1 aromatic carbocycles. The number of hydrogen-bond donors (Lipinski definition) is 1. The Morgan fingerprint density at radius 1 is 1.11 bits per heavy atom. The minimum absolute atomic E-state index is 0.303. The van der Waals surface area contributed by atoms with E-state index in [9.17, 15) is 0 Å². The lowest BCUT2D eigenvalue weighted by atomic mass is 10.1. The maximum Gasteiger partial charge on any atom is 0.120 e. The molecule has 3 nitrogen and oxygen atoms in total. The fraction of sp³-hybridized carbons (Fsp3) is 0.267. The number of rotatable bonds is 3. The third-order valence-corrected chi connectivity index (χ3v) is 3.17. The van der Waals surface area contributed by atoms with Crippen LogP contribution >= 0.6 is 0 Å². The van der Waals surface area contributed by atoms with E-state index in [1.54, 1.807) is 0 Å². The fourth-order valence-corrected chi connectivity index (χ4v) is 2.21. The zero-order chi connectivity index (χ0) is 12.2. The lowest BCUT2D eigenvalue weighted by molar-refractivity contribution is 0.223. The van der Waals surface area contributed by atoms with E-state index < -0.39 is 0 Å². The largest absolute Gasteiger partial charge is 0.489 e. The summed E-state index contributed by atoms with van der Waals surface area (Å²) >= 11 is 0. The molecule has 1 aliphatic rings. The molecule has 1 atom stereocenters. The zero-order valence-electron chi connectivity index (χ0n) is 10.2. The van der Waals surface area contributed by atoms with Gasteiger partial charge in [0, 0.05) is 18.9 Å². The standard InChI is InChI=1S/C15H16N2O/c1-2-13(12-4-7-16-8-5-12)10-14(3-1)18-15-6-9-17-11-15/h1-5,7-8,10,15,17H,6,9,11H2.